The van der Waals surface area contributed by atoms with Crippen LogP contribution in [0.5, 0.6) is 0 Å². The number of carbonyl (C=O) groups is 2. The SMILES string of the molecule is CC(=O)Nc1ccc(-c2cnc3sc(C(=O)O)cc3c2)cc1. The van der Waals surface area contributed by atoms with Crippen molar-refractivity contribution in [2.75, 3.05) is 5.32 Å². The summed E-state index contributed by atoms with van der Waals surface area (Å²) in [6.07, 6.45) is 1.72. The minimum absolute atomic E-state index is 0.115. The monoisotopic (exact) mass is 312 g/mol. The van der Waals surface area contributed by atoms with Gasteiger partial charge in [0, 0.05) is 29.8 Å². The highest BCUT2D eigenvalue weighted by atomic mass is 32.1. The lowest BCUT2D eigenvalue weighted by molar-refractivity contribution is -0.114. The predicted octanol–water partition coefficient (Wildman–Crippen LogP) is 3.62. The number of benzene rings is 1. The van der Waals surface area contributed by atoms with E-state index in [-0.39, 0.29) is 10.8 Å². The van der Waals surface area contributed by atoms with Crippen LogP contribution in [0, 0.1) is 0 Å². The highest BCUT2D eigenvalue weighted by molar-refractivity contribution is 7.20. The molecule has 0 saturated carbocycles. The number of aromatic carboxylic acids is 1. The first-order valence-electron chi connectivity index (χ1n) is 6.54. The number of amides is 1. The van der Waals surface area contributed by atoms with E-state index < -0.39 is 5.97 Å². The Kier molecular flexibility index (Phi) is 3.60. The molecule has 110 valence electrons. The van der Waals surface area contributed by atoms with Crippen LogP contribution in [0.2, 0.25) is 0 Å². The Balaban J connectivity index is 1.95. The van der Waals surface area contributed by atoms with Crippen molar-refractivity contribution in [3.05, 3.63) is 47.5 Å². The third kappa shape index (κ3) is 2.82. The molecule has 0 radical (unpaired) electrons. The summed E-state index contributed by atoms with van der Waals surface area (Å²) in [5.74, 6) is -1.06. The Hall–Kier alpha value is -2.73. The zero-order chi connectivity index (χ0) is 15.7. The Morgan fingerprint density at radius 2 is 1.86 bits per heavy atom. The average Bonchev–Trinajstić information content (AvgIpc) is 2.90. The number of aromatic nitrogens is 1. The number of pyridine rings is 1. The molecule has 2 aromatic heterocycles. The number of carbonyl (C=O) groups excluding carboxylic acids is 1. The molecule has 0 fully saturated rings. The lowest BCUT2D eigenvalue weighted by Crippen LogP contribution is -2.05. The molecule has 22 heavy (non-hydrogen) atoms. The van der Waals surface area contributed by atoms with Gasteiger partial charge < -0.3 is 10.4 Å². The molecule has 6 heteroatoms. The first-order chi connectivity index (χ1) is 10.5. The molecule has 3 rings (SSSR count). The fraction of sp³-hybridized carbons (Fsp3) is 0.0625. The predicted molar refractivity (Wildman–Crippen MR) is 86.3 cm³/mol. The van der Waals surface area contributed by atoms with Crippen LogP contribution in [0.1, 0.15) is 16.6 Å². The van der Waals surface area contributed by atoms with Gasteiger partial charge in [0.25, 0.3) is 0 Å². The molecule has 0 spiro atoms. The van der Waals surface area contributed by atoms with Crippen molar-refractivity contribution in [1.82, 2.24) is 4.98 Å². The van der Waals surface area contributed by atoms with Crippen molar-refractivity contribution in [2.45, 2.75) is 6.92 Å². The van der Waals surface area contributed by atoms with E-state index in [0.717, 1.165) is 33.5 Å². The number of thiophene rings is 1. The summed E-state index contributed by atoms with van der Waals surface area (Å²) >= 11 is 1.16. The molecule has 0 bridgehead atoms. The van der Waals surface area contributed by atoms with Gasteiger partial charge in [0.15, 0.2) is 0 Å². The molecule has 3 aromatic rings. The molecule has 0 atom stereocenters. The topological polar surface area (TPSA) is 79.3 Å². The van der Waals surface area contributed by atoms with Crippen LogP contribution in [0.3, 0.4) is 0 Å². The highest BCUT2D eigenvalue weighted by Crippen LogP contribution is 2.28. The second kappa shape index (κ2) is 5.57. The van der Waals surface area contributed by atoms with Gasteiger partial charge in [0.05, 0.1) is 0 Å². The molecule has 1 amide bonds. The van der Waals surface area contributed by atoms with Crippen molar-refractivity contribution >= 4 is 39.1 Å². The molecule has 0 aliphatic rings. The van der Waals surface area contributed by atoms with Gasteiger partial charge in [-0.25, -0.2) is 9.78 Å². The second-order valence-corrected chi connectivity index (χ2v) is 5.82. The Morgan fingerprint density at radius 1 is 1.14 bits per heavy atom. The molecule has 0 unspecified atom stereocenters. The highest BCUT2D eigenvalue weighted by Gasteiger charge is 2.10. The summed E-state index contributed by atoms with van der Waals surface area (Å²) in [6.45, 7) is 1.46. The summed E-state index contributed by atoms with van der Waals surface area (Å²) < 4.78 is 0. The van der Waals surface area contributed by atoms with Crippen molar-refractivity contribution in [3.8, 4) is 11.1 Å². The third-order valence-electron chi connectivity index (χ3n) is 3.12. The van der Waals surface area contributed by atoms with Crippen LogP contribution < -0.4 is 5.32 Å². The van der Waals surface area contributed by atoms with E-state index >= 15 is 0 Å². The van der Waals surface area contributed by atoms with E-state index in [0.29, 0.717) is 4.83 Å². The average molecular weight is 312 g/mol. The normalized spacial score (nSPS) is 10.6. The molecule has 0 saturated heterocycles. The fourth-order valence-corrected chi connectivity index (χ4v) is 2.97. The lowest BCUT2D eigenvalue weighted by Gasteiger charge is -2.04. The maximum absolute atomic E-state index is 11.0. The minimum atomic E-state index is -0.941. The van der Waals surface area contributed by atoms with Gasteiger partial charge in [-0.1, -0.05) is 12.1 Å². The van der Waals surface area contributed by atoms with Crippen molar-refractivity contribution in [3.63, 3.8) is 0 Å². The van der Waals surface area contributed by atoms with Crippen LogP contribution in [0.15, 0.2) is 42.6 Å². The summed E-state index contributed by atoms with van der Waals surface area (Å²) in [4.78, 5) is 27.3. The molecule has 2 N–H and O–H groups in total. The van der Waals surface area contributed by atoms with Gasteiger partial charge in [-0.3, -0.25) is 4.79 Å². The molecule has 2 heterocycles. The van der Waals surface area contributed by atoms with Gasteiger partial charge in [-0.2, -0.15) is 0 Å². The standard InChI is InChI=1S/C16H12N2O3S/c1-9(19)18-13-4-2-10(3-5-13)12-6-11-7-14(16(20)21)22-15(11)17-8-12/h2-8H,1H3,(H,18,19)(H,20,21). The van der Waals surface area contributed by atoms with Gasteiger partial charge in [0.1, 0.15) is 9.71 Å². The van der Waals surface area contributed by atoms with E-state index in [1.165, 1.54) is 6.92 Å². The fourth-order valence-electron chi connectivity index (χ4n) is 2.15. The summed E-state index contributed by atoms with van der Waals surface area (Å²) in [5.41, 5.74) is 2.58. The van der Waals surface area contributed by atoms with E-state index in [4.69, 9.17) is 5.11 Å². The second-order valence-electron chi connectivity index (χ2n) is 4.79. The van der Waals surface area contributed by atoms with Crippen molar-refractivity contribution in [2.24, 2.45) is 0 Å². The van der Waals surface area contributed by atoms with Crippen molar-refractivity contribution in [1.29, 1.82) is 0 Å². The van der Waals surface area contributed by atoms with Crippen LogP contribution in [0.25, 0.3) is 21.3 Å². The summed E-state index contributed by atoms with van der Waals surface area (Å²) in [6, 6.07) is 11.0. The van der Waals surface area contributed by atoms with E-state index in [9.17, 15) is 9.59 Å². The smallest absolute Gasteiger partial charge is 0.345 e. The van der Waals surface area contributed by atoms with E-state index in [2.05, 4.69) is 10.3 Å². The zero-order valence-corrected chi connectivity index (χ0v) is 12.5. The molecular weight excluding hydrogens is 300 g/mol. The van der Waals surface area contributed by atoms with Gasteiger partial charge in [-0.15, -0.1) is 11.3 Å². The maximum Gasteiger partial charge on any atom is 0.345 e. The number of carboxylic acid groups (broad SMARTS) is 1. The number of fused-ring (bicyclic) bond motifs is 1. The van der Waals surface area contributed by atoms with E-state index in [1.807, 2.05) is 30.3 Å². The molecule has 1 aromatic carbocycles. The largest absolute Gasteiger partial charge is 0.477 e. The van der Waals surface area contributed by atoms with Crippen LogP contribution in [-0.4, -0.2) is 22.0 Å². The number of hydrogen-bond acceptors (Lipinski definition) is 4. The third-order valence-corrected chi connectivity index (χ3v) is 4.17. The number of hydrogen-bond donors (Lipinski definition) is 2. The molecule has 0 aliphatic carbocycles. The van der Waals surface area contributed by atoms with E-state index in [1.54, 1.807) is 12.3 Å². The zero-order valence-electron chi connectivity index (χ0n) is 11.7. The molecule has 5 nitrogen and oxygen atoms in total. The Bertz CT molecular complexity index is 869. The number of nitrogens with zero attached hydrogens (tertiary/aromatic N) is 1. The number of carboxylic acids is 1. The summed E-state index contributed by atoms with van der Waals surface area (Å²) in [7, 11) is 0. The van der Waals surface area contributed by atoms with Gasteiger partial charge in [-0.05, 0) is 29.8 Å². The minimum Gasteiger partial charge on any atom is -0.477 e. The quantitative estimate of drug-likeness (QED) is 0.774. The first-order valence-corrected chi connectivity index (χ1v) is 7.35. The van der Waals surface area contributed by atoms with Crippen molar-refractivity contribution < 1.29 is 14.7 Å². The maximum atomic E-state index is 11.0. The number of rotatable bonds is 3. The number of nitrogens with one attached hydrogen (secondary N) is 1. The van der Waals surface area contributed by atoms with Crippen LogP contribution in [0.4, 0.5) is 5.69 Å². The summed E-state index contributed by atoms with van der Waals surface area (Å²) in [5, 5.41) is 12.5. The van der Waals surface area contributed by atoms with Crippen LogP contribution >= 0.6 is 11.3 Å². The molecular formula is C16H12N2O3S. The molecule has 0 aliphatic heterocycles. The Labute approximate surface area is 130 Å². The lowest BCUT2D eigenvalue weighted by atomic mass is 10.1. The van der Waals surface area contributed by atoms with Gasteiger partial charge >= 0.3 is 5.97 Å². The van der Waals surface area contributed by atoms with Crippen LogP contribution in [-0.2, 0) is 4.79 Å². The van der Waals surface area contributed by atoms with Gasteiger partial charge in [0.2, 0.25) is 5.91 Å². The number of anilines is 1. The Morgan fingerprint density at radius 3 is 2.50 bits per heavy atom. The first kappa shape index (κ1) is 14.2.